The third-order valence-electron chi connectivity index (χ3n) is 3.47. The second kappa shape index (κ2) is 9.06. The second-order valence-corrected chi connectivity index (χ2v) is 7.37. The molecular weight excluding hydrogens is 268 g/mol. The van der Waals surface area contributed by atoms with Gasteiger partial charge in [0.25, 0.3) is 0 Å². The van der Waals surface area contributed by atoms with Gasteiger partial charge in [0.05, 0.1) is 18.4 Å². The first-order valence-corrected chi connectivity index (χ1v) is 7.98. The first-order chi connectivity index (χ1) is 9.59. The molecule has 0 aromatic carbocycles. The zero-order chi connectivity index (χ0) is 16.6. The number of rotatable bonds is 10. The maximum atomic E-state index is 12.6. The highest BCUT2D eigenvalue weighted by Gasteiger charge is 2.42. The fraction of sp³-hybridized carbons (Fsp3) is 0.882. The van der Waals surface area contributed by atoms with Crippen LogP contribution in [0.4, 0.5) is 0 Å². The summed E-state index contributed by atoms with van der Waals surface area (Å²) in [6, 6.07) is 0. The van der Waals surface area contributed by atoms with Crippen molar-refractivity contribution in [3.05, 3.63) is 0 Å². The Morgan fingerprint density at radius 3 is 1.95 bits per heavy atom. The molecule has 0 heterocycles. The highest BCUT2D eigenvalue weighted by molar-refractivity contribution is 5.82. The Labute approximate surface area is 129 Å². The first-order valence-electron chi connectivity index (χ1n) is 7.98. The first kappa shape index (κ1) is 19.9. The normalized spacial score (nSPS) is 14.5. The lowest BCUT2D eigenvalue weighted by atomic mass is 9.73. The minimum Gasteiger partial charge on any atom is -0.481 e. The minimum absolute atomic E-state index is 0.144. The number of hydrogen-bond acceptors (Lipinski definition) is 3. The van der Waals surface area contributed by atoms with Gasteiger partial charge in [0.2, 0.25) is 0 Å². The molecule has 0 bridgehead atoms. The molecule has 0 aliphatic rings. The lowest BCUT2D eigenvalue weighted by Crippen LogP contribution is -2.37. The van der Waals surface area contributed by atoms with Gasteiger partial charge in [-0.1, -0.05) is 41.5 Å². The van der Waals surface area contributed by atoms with Crippen molar-refractivity contribution in [2.45, 2.75) is 67.2 Å². The molecule has 0 aliphatic heterocycles. The predicted octanol–water partition coefficient (Wildman–Crippen LogP) is 4.13. The van der Waals surface area contributed by atoms with Gasteiger partial charge in [0.15, 0.2) is 0 Å². The minimum atomic E-state index is -0.930. The van der Waals surface area contributed by atoms with Crippen LogP contribution in [0.15, 0.2) is 0 Å². The topological polar surface area (TPSA) is 63.6 Å². The number of aliphatic carboxylic acids is 1. The number of carboxylic acid groups (broad SMARTS) is 1. The Balaban J connectivity index is 5.20. The average molecular weight is 300 g/mol. The zero-order valence-corrected chi connectivity index (χ0v) is 14.4. The van der Waals surface area contributed by atoms with Gasteiger partial charge < -0.3 is 9.84 Å². The fourth-order valence-electron chi connectivity index (χ4n) is 2.55. The second-order valence-electron chi connectivity index (χ2n) is 7.37. The fourth-order valence-corrected chi connectivity index (χ4v) is 2.55. The molecule has 0 aliphatic carbocycles. The number of carbonyl (C=O) groups is 2. The van der Waals surface area contributed by atoms with Crippen LogP contribution in [0.25, 0.3) is 0 Å². The Morgan fingerprint density at radius 2 is 1.57 bits per heavy atom. The van der Waals surface area contributed by atoms with E-state index in [-0.39, 0.29) is 24.2 Å². The van der Waals surface area contributed by atoms with E-state index in [0.717, 1.165) is 6.42 Å². The van der Waals surface area contributed by atoms with Crippen LogP contribution >= 0.6 is 0 Å². The largest absolute Gasteiger partial charge is 0.481 e. The van der Waals surface area contributed by atoms with Gasteiger partial charge in [0, 0.05) is 0 Å². The van der Waals surface area contributed by atoms with E-state index in [1.54, 1.807) is 0 Å². The van der Waals surface area contributed by atoms with Gasteiger partial charge in [-0.25, -0.2) is 0 Å². The highest BCUT2D eigenvalue weighted by Crippen LogP contribution is 2.38. The maximum Gasteiger partial charge on any atom is 0.312 e. The number of hydrogen-bond donors (Lipinski definition) is 1. The Hall–Kier alpha value is -1.06. The Morgan fingerprint density at radius 1 is 1.00 bits per heavy atom. The summed E-state index contributed by atoms with van der Waals surface area (Å²) in [7, 11) is 0. The molecule has 1 atom stereocenters. The zero-order valence-electron chi connectivity index (χ0n) is 14.4. The van der Waals surface area contributed by atoms with Gasteiger partial charge >= 0.3 is 11.9 Å². The van der Waals surface area contributed by atoms with Crippen LogP contribution in [0.1, 0.15) is 67.2 Å². The van der Waals surface area contributed by atoms with E-state index >= 15 is 0 Å². The molecule has 4 heteroatoms. The van der Waals surface area contributed by atoms with Crippen LogP contribution in [0, 0.1) is 23.2 Å². The van der Waals surface area contributed by atoms with Gasteiger partial charge in [-0.15, -0.1) is 0 Å². The molecule has 21 heavy (non-hydrogen) atoms. The molecule has 0 aromatic rings. The van der Waals surface area contributed by atoms with E-state index < -0.39 is 11.4 Å². The average Bonchev–Trinajstić information content (AvgIpc) is 2.31. The molecular formula is C17H32O4. The third-order valence-corrected chi connectivity index (χ3v) is 3.47. The molecule has 0 spiro atoms. The molecule has 124 valence electrons. The SMILES string of the molecule is CC(C)CCC(CC(=O)O)(CC(C)C)C(=O)OCC(C)C. The summed E-state index contributed by atoms with van der Waals surface area (Å²) in [5, 5.41) is 9.25. The lowest BCUT2D eigenvalue weighted by molar-refractivity contribution is -0.164. The van der Waals surface area contributed by atoms with Gasteiger partial charge in [-0.3, -0.25) is 9.59 Å². The number of carboxylic acids is 1. The third kappa shape index (κ3) is 8.08. The molecule has 0 radical (unpaired) electrons. The van der Waals surface area contributed by atoms with Crippen LogP contribution in [-0.2, 0) is 14.3 Å². The van der Waals surface area contributed by atoms with Gasteiger partial charge in [-0.2, -0.15) is 0 Å². The van der Waals surface area contributed by atoms with Gasteiger partial charge in [-0.05, 0) is 37.0 Å². The molecule has 0 rings (SSSR count). The van der Waals surface area contributed by atoms with Crippen molar-refractivity contribution < 1.29 is 19.4 Å². The van der Waals surface area contributed by atoms with Crippen molar-refractivity contribution >= 4 is 11.9 Å². The van der Waals surface area contributed by atoms with Crippen LogP contribution in [0.5, 0.6) is 0 Å². The van der Waals surface area contributed by atoms with Gasteiger partial charge in [0.1, 0.15) is 0 Å². The Kier molecular flexibility index (Phi) is 8.60. The predicted molar refractivity (Wildman–Crippen MR) is 84.0 cm³/mol. The molecule has 1 unspecified atom stereocenters. The summed E-state index contributed by atoms with van der Waals surface area (Å²) >= 11 is 0. The van der Waals surface area contributed by atoms with E-state index in [1.165, 1.54) is 0 Å². The number of ether oxygens (including phenoxy) is 1. The van der Waals surface area contributed by atoms with E-state index in [4.69, 9.17) is 4.74 Å². The van der Waals surface area contributed by atoms with Crippen LogP contribution < -0.4 is 0 Å². The highest BCUT2D eigenvalue weighted by atomic mass is 16.5. The van der Waals surface area contributed by atoms with Crippen molar-refractivity contribution in [1.29, 1.82) is 0 Å². The summed E-state index contributed by atoms with van der Waals surface area (Å²) in [6.45, 7) is 12.5. The van der Waals surface area contributed by atoms with Crippen molar-refractivity contribution in [1.82, 2.24) is 0 Å². The molecule has 0 saturated carbocycles. The standard InChI is InChI=1S/C17H32O4/c1-12(2)7-8-17(9-13(3)4,10-15(18)19)16(20)21-11-14(5)6/h12-14H,7-11H2,1-6H3,(H,18,19). The van der Waals surface area contributed by atoms with Crippen molar-refractivity contribution in [3.63, 3.8) is 0 Å². The van der Waals surface area contributed by atoms with Crippen molar-refractivity contribution in [2.75, 3.05) is 6.61 Å². The quantitative estimate of drug-likeness (QED) is 0.616. The monoisotopic (exact) mass is 300 g/mol. The number of carbonyl (C=O) groups excluding carboxylic acids is 1. The molecule has 0 saturated heterocycles. The summed E-state index contributed by atoms with van der Waals surface area (Å²) < 4.78 is 5.40. The maximum absolute atomic E-state index is 12.6. The smallest absolute Gasteiger partial charge is 0.312 e. The van der Waals surface area contributed by atoms with E-state index in [2.05, 4.69) is 13.8 Å². The molecule has 0 fully saturated rings. The van der Waals surface area contributed by atoms with E-state index in [9.17, 15) is 14.7 Å². The van der Waals surface area contributed by atoms with Crippen molar-refractivity contribution in [2.24, 2.45) is 23.2 Å². The van der Waals surface area contributed by atoms with Crippen LogP contribution in [0.3, 0.4) is 0 Å². The molecule has 0 amide bonds. The summed E-state index contributed by atoms with van der Waals surface area (Å²) in [5.41, 5.74) is -0.890. The molecule has 0 aromatic heterocycles. The number of esters is 1. The Bertz CT molecular complexity index is 334. The molecule has 4 nitrogen and oxygen atoms in total. The van der Waals surface area contributed by atoms with E-state index in [0.29, 0.717) is 25.4 Å². The molecule has 1 N–H and O–H groups in total. The lowest BCUT2D eigenvalue weighted by Gasteiger charge is -2.32. The summed E-state index contributed by atoms with van der Waals surface area (Å²) in [4.78, 5) is 23.8. The van der Waals surface area contributed by atoms with Crippen LogP contribution in [0.2, 0.25) is 0 Å². The van der Waals surface area contributed by atoms with E-state index in [1.807, 2.05) is 27.7 Å². The summed E-state index contributed by atoms with van der Waals surface area (Å²) in [5.74, 6) is -0.333. The van der Waals surface area contributed by atoms with Crippen molar-refractivity contribution in [3.8, 4) is 0 Å². The van der Waals surface area contributed by atoms with Crippen LogP contribution in [-0.4, -0.2) is 23.7 Å². The summed E-state index contributed by atoms with van der Waals surface area (Å²) in [6.07, 6.45) is 1.82.